The molecule has 0 bridgehead atoms. The quantitative estimate of drug-likeness (QED) is 0.591. The van der Waals surface area contributed by atoms with Crippen molar-refractivity contribution >= 4 is 11.3 Å². The maximum atomic E-state index is 11.6. The predicted molar refractivity (Wildman–Crippen MR) is 88.9 cm³/mol. The molecule has 2 aliphatic rings. The van der Waals surface area contributed by atoms with E-state index in [1.807, 2.05) is 0 Å². The van der Waals surface area contributed by atoms with Crippen molar-refractivity contribution < 1.29 is 14.4 Å². The predicted octanol–water partition coefficient (Wildman–Crippen LogP) is 4.60. The zero-order valence-electron chi connectivity index (χ0n) is 14.1. The molecule has 0 fully saturated rings. The van der Waals surface area contributed by atoms with E-state index >= 15 is 0 Å². The van der Waals surface area contributed by atoms with Crippen molar-refractivity contribution in [2.75, 3.05) is 13.2 Å². The largest absolute Gasteiger partial charge is 0.486 e. The van der Waals surface area contributed by atoms with E-state index in [0.717, 1.165) is 18.4 Å². The molecule has 0 atom stereocenters. The highest BCUT2D eigenvalue weighted by Crippen LogP contribution is 2.50. The van der Waals surface area contributed by atoms with E-state index in [4.69, 9.17) is 9.47 Å². The number of fused-ring (bicyclic) bond motifs is 1. The average Bonchev–Trinajstić information content (AvgIpc) is 2.42. The van der Waals surface area contributed by atoms with E-state index in [2.05, 4.69) is 33.8 Å². The number of benzene rings is 1. The molecule has 1 aliphatic heterocycles. The van der Waals surface area contributed by atoms with Gasteiger partial charge in [-0.25, -0.2) is 0 Å². The van der Waals surface area contributed by atoms with Crippen LogP contribution < -0.4 is 9.47 Å². The molecule has 23 heavy (non-hydrogen) atoms. The van der Waals surface area contributed by atoms with Crippen LogP contribution in [0.1, 0.15) is 46.1 Å². The van der Waals surface area contributed by atoms with Crippen molar-refractivity contribution in [1.29, 1.82) is 0 Å². The van der Waals surface area contributed by atoms with Crippen molar-refractivity contribution in [3.8, 4) is 11.5 Å². The SMILES string of the molecule is CC1(C)C=C(c2cc3c(cc2[N+](=O)[O-])OCCO3)CC(C)(C)C1. The molecule has 0 unspecified atom stereocenters. The standard InChI is InChI=1S/C18H23NO4/c1-17(2)9-12(10-18(3,4)11-17)13-7-15-16(23-6-5-22-15)8-14(13)19(20)21/h7-9H,5-6,10-11H2,1-4H3. The van der Waals surface area contributed by atoms with Gasteiger partial charge in [-0.05, 0) is 35.3 Å². The molecule has 0 saturated carbocycles. The van der Waals surface area contributed by atoms with E-state index in [1.54, 1.807) is 6.07 Å². The van der Waals surface area contributed by atoms with Crippen LogP contribution in [-0.4, -0.2) is 18.1 Å². The van der Waals surface area contributed by atoms with Crippen LogP contribution in [0.4, 0.5) is 5.69 Å². The van der Waals surface area contributed by atoms with Gasteiger partial charge in [-0.2, -0.15) is 0 Å². The number of allylic oxidation sites excluding steroid dienone is 2. The maximum Gasteiger partial charge on any atom is 0.280 e. The summed E-state index contributed by atoms with van der Waals surface area (Å²) in [7, 11) is 0. The Morgan fingerprint density at radius 1 is 1.09 bits per heavy atom. The summed E-state index contributed by atoms with van der Waals surface area (Å²) in [6.45, 7) is 9.68. The van der Waals surface area contributed by atoms with Gasteiger partial charge >= 0.3 is 0 Å². The number of ether oxygens (including phenoxy) is 2. The molecule has 124 valence electrons. The van der Waals surface area contributed by atoms with Gasteiger partial charge < -0.3 is 9.47 Å². The fourth-order valence-electron chi connectivity index (χ4n) is 4.04. The molecular weight excluding hydrogens is 294 g/mol. The molecular formula is C18H23NO4. The lowest BCUT2D eigenvalue weighted by molar-refractivity contribution is -0.385. The van der Waals surface area contributed by atoms with Gasteiger partial charge in [0.1, 0.15) is 13.2 Å². The third-order valence-electron chi connectivity index (χ3n) is 4.37. The lowest BCUT2D eigenvalue weighted by Crippen LogP contribution is -2.27. The molecule has 3 rings (SSSR count). The second-order valence-corrected chi connectivity index (χ2v) is 7.95. The van der Waals surface area contributed by atoms with Gasteiger partial charge in [0.2, 0.25) is 0 Å². The molecule has 0 amide bonds. The first kappa shape index (κ1) is 15.8. The van der Waals surface area contributed by atoms with E-state index in [-0.39, 0.29) is 21.4 Å². The van der Waals surface area contributed by atoms with Gasteiger partial charge in [-0.1, -0.05) is 33.8 Å². The Bertz CT molecular complexity index is 689. The number of nitro benzene ring substituents is 1. The molecule has 1 aromatic carbocycles. The first-order valence-corrected chi connectivity index (χ1v) is 7.97. The van der Waals surface area contributed by atoms with E-state index < -0.39 is 0 Å². The number of hydrogen-bond donors (Lipinski definition) is 0. The lowest BCUT2D eigenvalue weighted by atomic mass is 9.65. The van der Waals surface area contributed by atoms with Gasteiger partial charge in [0.05, 0.1) is 16.6 Å². The summed E-state index contributed by atoms with van der Waals surface area (Å²) in [5, 5.41) is 11.6. The van der Waals surface area contributed by atoms with E-state index in [0.29, 0.717) is 30.3 Å². The second-order valence-electron chi connectivity index (χ2n) is 7.95. The minimum Gasteiger partial charge on any atom is -0.486 e. The Balaban J connectivity index is 2.14. The van der Waals surface area contributed by atoms with Crippen LogP contribution >= 0.6 is 0 Å². The zero-order chi connectivity index (χ0) is 16.8. The number of nitrogens with zero attached hydrogens (tertiary/aromatic N) is 1. The third kappa shape index (κ3) is 3.19. The maximum absolute atomic E-state index is 11.6. The summed E-state index contributed by atoms with van der Waals surface area (Å²) in [5.41, 5.74) is 1.89. The first-order chi connectivity index (χ1) is 10.7. The number of hydrogen-bond acceptors (Lipinski definition) is 4. The fourth-order valence-corrected chi connectivity index (χ4v) is 4.04. The molecule has 0 spiro atoms. The molecule has 1 heterocycles. The first-order valence-electron chi connectivity index (χ1n) is 7.97. The number of rotatable bonds is 2. The van der Waals surface area contributed by atoms with Crippen molar-refractivity contribution in [2.45, 2.75) is 40.5 Å². The minimum atomic E-state index is -0.330. The normalized spacial score (nSPS) is 21.5. The van der Waals surface area contributed by atoms with Gasteiger partial charge in [0, 0.05) is 0 Å². The summed E-state index contributed by atoms with van der Waals surface area (Å²) in [4.78, 5) is 11.2. The Labute approximate surface area is 136 Å². The van der Waals surface area contributed by atoms with Crippen LogP contribution in [0.3, 0.4) is 0 Å². The molecule has 0 radical (unpaired) electrons. The molecule has 1 aliphatic carbocycles. The van der Waals surface area contributed by atoms with Gasteiger partial charge in [-0.15, -0.1) is 0 Å². The highest BCUT2D eigenvalue weighted by atomic mass is 16.6. The topological polar surface area (TPSA) is 61.6 Å². The van der Waals surface area contributed by atoms with Gasteiger partial charge in [0.15, 0.2) is 11.5 Å². The summed E-state index contributed by atoms with van der Waals surface area (Å²) in [5.74, 6) is 1.06. The van der Waals surface area contributed by atoms with Crippen molar-refractivity contribution in [3.63, 3.8) is 0 Å². The average molecular weight is 317 g/mol. The van der Waals surface area contributed by atoms with Crippen LogP contribution in [0.15, 0.2) is 18.2 Å². The van der Waals surface area contributed by atoms with Crippen LogP contribution in [0.2, 0.25) is 0 Å². The fraction of sp³-hybridized carbons (Fsp3) is 0.556. The Morgan fingerprint density at radius 3 is 2.26 bits per heavy atom. The molecule has 5 nitrogen and oxygen atoms in total. The van der Waals surface area contributed by atoms with Crippen LogP contribution in [0.5, 0.6) is 11.5 Å². The molecule has 5 heteroatoms. The van der Waals surface area contributed by atoms with Gasteiger partial charge in [-0.3, -0.25) is 10.1 Å². The smallest absolute Gasteiger partial charge is 0.280 e. The van der Waals surface area contributed by atoms with Crippen LogP contribution in [0.25, 0.3) is 5.57 Å². The summed E-state index contributed by atoms with van der Waals surface area (Å²) >= 11 is 0. The molecule has 0 N–H and O–H groups in total. The Kier molecular flexibility index (Phi) is 3.62. The van der Waals surface area contributed by atoms with Crippen LogP contribution in [-0.2, 0) is 0 Å². The monoisotopic (exact) mass is 317 g/mol. The third-order valence-corrected chi connectivity index (χ3v) is 4.37. The van der Waals surface area contributed by atoms with Crippen molar-refractivity contribution in [1.82, 2.24) is 0 Å². The summed E-state index contributed by atoms with van der Waals surface area (Å²) in [6.07, 6.45) is 4.05. The summed E-state index contributed by atoms with van der Waals surface area (Å²) in [6, 6.07) is 3.27. The Morgan fingerprint density at radius 2 is 1.70 bits per heavy atom. The van der Waals surface area contributed by atoms with Gasteiger partial charge in [0.25, 0.3) is 5.69 Å². The molecule has 0 aromatic heterocycles. The minimum absolute atomic E-state index is 0.0121. The van der Waals surface area contributed by atoms with Crippen LogP contribution in [0, 0.1) is 20.9 Å². The highest BCUT2D eigenvalue weighted by molar-refractivity contribution is 5.77. The molecule has 0 saturated heterocycles. The van der Waals surface area contributed by atoms with Crippen molar-refractivity contribution in [2.24, 2.45) is 10.8 Å². The number of nitro groups is 1. The Hall–Kier alpha value is -2.04. The van der Waals surface area contributed by atoms with Crippen molar-refractivity contribution in [3.05, 3.63) is 33.9 Å². The summed E-state index contributed by atoms with van der Waals surface area (Å²) < 4.78 is 11.1. The highest BCUT2D eigenvalue weighted by Gasteiger charge is 2.36. The van der Waals surface area contributed by atoms with E-state index in [1.165, 1.54) is 6.07 Å². The second kappa shape index (κ2) is 5.25. The lowest BCUT2D eigenvalue weighted by Gasteiger charge is -2.39. The van der Waals surface area contributed by atoms with E-state index in [9.17, 15) is 10.1 Å². The molecule has 1 aromatic rings. The zero-order valence-corrected chi connectivity index (χ0v) is 14.1.